The molecule has 0 heterocycles. The molecule has 2 rings (SSSR count). The smallest absolute Gasteiger partial charge is 0.305 e. The maximum atomic E-state index is 11.1. The van der Waals surface area contributed by atoms with E-state index < -0.39 is 11.9 Å². The van der Waals surface area contributed by atoms with Crippen LogP contribution in [0.2, 0.25) is 0 Å². The normalized spacial score (nSPS) is 11.5. The van der Waals surface area contributed by atoms with Crippen LogP contribution in [0.25, 0.3) is 11.1 Å². The first-order valence-electron chi connectivity index (χ1n) is 8.46. The van der Waals surface area contributed by atoms with E-state index in [-0.39, 0.29) is 25.3 Å². The van der Waals surface area contributed by atoms with Gasteiger partial charge in [-0.15, -0.1) is 0 Å². The van der Waals surface area contributed by atoms with Crippen molar-refractivity contribution in [3.05, 3.63) is 72.4 Å². The Kier molecular flexibility index (Phi) is 6.97. The molecule has 0 aromatic heterocycles. The van der Waals surface area contributed by atoms with Crippen LogP contribution in [-0.4, -0.2) is 28.2 Å². The van der Waals surface area contributed by atoms with E-state index in [1.807, 2.05) is 54.6 Å². The number of carbonyl (C=O) groups is 2. The fourth-order valence-corrected chi connectivity index (χ4v) is 2.75. The van der Waals surface area contributed by atoms with E-state index >= 15 is 0 Å². The molecule has 0 bridgehead atoms. The molecular formula is C21H23NO4. The highest BCUT2D eigenvalue weighted by Gasteiger charge is 2.15. The molecule has 2 aromatic rings. The molecule has 2 aromatic carbocycles. The zero-order chi connectivity index (χ0) is 18.9. The summed E-state index contributed by atoms with van der Waals surface area (Å²) in [5, 5.41) is 20.9. The van der Waals surface area contributed by atoms with Crippen molar-refractivity contribution in [2.75, 3.05) is 0 Å². The molecule has 0 unspecified atom stereocenters. The van der Waals surface area contributed by atoms with Crippen molar-refractivity contribution >= 4 is 11.9 Å². The van der Waals surface area contributed by atoms with E-state index in [0.29, 0.717) is 12.1 Å². The quantitative estimate of drug-likeness (QED) is 0.606. The molecule has 0 aliphatic carbocycles. The number of allylic oxidation sites excluding steroid dienone is 1. The van der Waals surface area contributed by atoms with Crippen LogP contribution in [0.15, 0.2) is 66.9 Å². The van der Waals surface area contributed by atoms with Crippen LogP contribution >= 0.6 is 0 Å². The average molecular weight is 353 g/mol. The fourth-order valence-electron chi connectivity index (χ4n) is 2.75. The van der Waals surface area contributed by atoms with Crippen molar-refractivity contribution in [2.45, 2.75) is 31.7 Å². The molecule has 0 radical (unpaired) electrons. The lowest BCUT2D eigenvalue weighted by Crippen LogP contribution is -2.32. The van der Waals surface area contributed by atoms with E-state index in [2.05, 4.69) is 11.9 Å². The minimum Gasteiger partial charge on any atom is -0.481 e. The topological polar surface area (TPSA) is 86.6 Å². The van der Waals surface area contributed by atoms with Gasteiger partial charge in [-0.1, -0.05) is 61.2 Å². The molecule has 0 spiro atoms. The Morgan fingerprint density at radius 2 is 1.50 bits per heavy atom. The van der Waals surface area contributed by atoms with E-state index in [1.54, 1.807) is 0 Å². The Bertz CT molecular complexity index is 753. The van der Waals surface area contributed by atoms with Crippen LogP contribution in [0.4, 0.5) is 0 Å². The summed E-state index contributed by atoms with van der Waals surface area (Å²) in [6.07, 6.45) is 0.704. The van der Waals surface area contributed by atoms with Crippen molar-refractivity contribution < 1.29 is 19.8 Å². The third-order valence-corrected chi connectivity index (χ3v) is 4.01. The van der Waals surface area contributed by atoms with Crippen LogP contribution < -0.4 is 5.32 Å². The summed E-state index contributed by atoms with van der Waals surface area (Å²) in [5.74, 6) is -1.81. The number of hydrogen-bond acceptors (Lipinski definition) is 3. The second kappa shape index (κ2) is 9.42. The number of carboxylic acids is 2. The van der Waals surface area contributed by atoms with E-state index in [9.17, 15) is 9.59 Å². The van der Waals surface area contributed by atoms with E-state index in [1.165, 1.54) is 0 Å². The Labute approximate surface area is 153 Å². The number of hydrogen-bond donors (Lipinski definition) is 3. The molecule has 0 saturated heterocycles. The van der Waals surface area contributed by atoms with Crippen LogP contribution in [0, 0.1) is 0 Å². The second-order valence-electron chi connectivity index (χ2n) is 6.20. The summed E-state index contributed by atoms with van der Waals surface area (Å²) in [7, 11) is 0. The molecule has 0 aliphatic rings. The van der Waals surface area contributed by atoms with Crippen molar-refractivity contribution in [1.82, 2.24) is 5.32 Å². The van der Waals surface area contributed by atoms with Crippen LogP contribution in [0.1, 0.15) is 24.8 Å². The van der Waals surface area contributed by atoms with Gasteiger partial charge in [0, 0.05) is 11.7 Å². The highest BCUT2D eigenvalue weighted by Crippen LogP contribution is 2.20. The Hall–Kier alpha value is -3.08. The minimum absolute atomic E-state index is 0.0304. The lowest BCUT2D eigenvalue weighted by molar-refractivity contribution is -0.138. The summed E-state index contributed by atoms with van der Waals surface area (Å²) >= 11 is 0. The van der Waals surface area contributed by atoms with Gasteiger partial charge in [-0.05, 0) is 29.5 Å². The van der Waals surface area contributed by atoms with Crippen LogP contribution in [0.3, 0.4) is 0 Å². The van der Waals surface area contributed by atoms with Gasteiger partial charge in [0.1, 0.15) is 0 Å². The third-order valence-electron chi connectivity index (χ3n) is 4.01. The molecule has 5 heteroatoms. The summed E-state index contributed by atoms with van der Waals surface area (Å²) in [4.78, 5) is 21.8. The van der Waals surface area contributed by atoms with Crippen molar-refractivity contribution in [1.29, 1.82) is 0 Å². The first-order valence-corrected chi connectivity index (χ1v) is 8.46. The molecular weight excluding hydrogens is 330 g/mol. The van der Waals surface area contributed by atoms with Crippen molar-refractivity contribution in [3.63, 3.8) is 0 Å². The maximum Gasteiger partial charge on any atom is 0.305 e. The van der Waals surface area contributed by atoms with Crippen LogP contribution in [0.5, 0.6) is 0 Å². The third kappa shape index (κ3) is 6.43. The lowest BCUT2D eigenvalue weighted by Gasteiger charge is -2.20. The molecule has 5 nitrogen and oxygen atoms in total. The predicted molar refractivity (Wildman–Crippen MR) is 101 cm³/mol. The Balaban J connectivity index is 2.01. The molecule has 0 fully saturated rings. The summed E-state index contributed by atoms with van der Waals surface area (Å²) in [6, 6.07) is 17.7. The Morgan fingerprint density at radius 3 is 2.08 bits per heavy atom. The van der Waals surface area contributed by atoms with Gasteiger partial charge in [-0.3, -0.25) is 9.59 Å². The number of rotatable bonds is 10. The molecule has 1 atom stereocenters. The number of benzene rings is 2. The number of nitrogens with one attached hydrogen (secondary N) is 1. The SMILES string of the molecule is C=C(CCC(=O)O)N[C@@H](CC(=O)O)Cc1ccc(-c2ccccc2)cc1. The highest BCUT2D eigenvalue weighted by atomic mass is 16.4. The van der Waals surface area contributed by atoms with Gasteiger partial charge in [-0.25, -0.2) is 0 Å². The Morgan fingerprint density at radius 1 is 0.885 bits per heavy atom. The summed E-state index contributed by atoms with van der Waals surface area (Å²) in [5.41, 5.74) is 3.78. The second-order valence-corrected chi connectivity index (χ2v) is 6.20. The molecule has 26 heavy (non-hydrogen) atoms. The van der Waals surface area contributed by atoms with E-state index in [0.717, 1.165) is 16.7 Å². The van der Waals surface area contributed by atoms with Gasteiger partial charge in [0.2, 0.25) is 0 Å². The van der Waals surface area contributed by atoms with Gasteiger partial charge in [0.25, 0.3) is 0 Å². The lowest BCUT2D eigenvalue weighted by atomic mass is 9.99. The van der Waals surface area contributed by atoms with Crippen LogP contribution in [-0.2, 0) is 16.0 Å². The van der Waals surface area contributed by atoms with Crippen molar-refractivity contribution in [2.24, 2.45) is 0 Å². The molecule has 136 valence electrons. The number of aliphatic carboxylic acids is 2. The number of carboxylic acid groups (broad SMARTS) is 2. The maximum absolute atomic E-state index is 11.1. The average Bonchev–Trinajstić information content (AvgIpc) is 2.61. The first kappa shape index (κ1) is 19.2. The van der Waals surface area contributed by atoms with Gasteiger partial charge in [0.15, 0.2) is 0 Å². The highest BCUT2D eigenvalue weighted by molar-refractivity contribution is 5.68. The molecule has 3 N–H and O–H groups in total. The summed E-state index contributed by atoms with van der Waals surface area (Å²) in [6.45, 7) is 3.80. The molecule has 0 aliphatic heterocycles. The van der Waals surface area contributed by atoms with Gasteiger partial charge in [0.05, 0.1) is 12.8 Å². The van der Waals surface area contributed by atoms with Gasteiger partial charge >= 0.3 is 11.9 Å². The van der Waals surface area contributed by atoms with Crippen molar-refractivity contribution in [3.8, 4) is 11.1 Å². The minimum atomic E-state index is -0.908. The summed E-state index contributed by atoms with van der Waals surface area (Å²) < 4.78 is 0. The van der Waals surface area contributed by atoms with Gasteiger partial charge in [-0.2, -0.15) is 0 Å². The van der Waals surface area contributed by atoms with Gasteiger partial charge < -0.3 is 15.5 Å². The standard InChI is InChI=1S/C21H23NO4/c1-15(7-12-20(23)24)22-19(14-21(25)26)13-16-8-10-18(11-9-16)17-5-3-2-4-6-17/h2-6,8-11,19,22H,1,7,12-14H2,(H,23,24)(H,25,26)/t19-/m1/s1. The van der Waals surface area contributed by atoms with E-state index in [4.69, 9.17) is 10.2 Å². The molecule has 0 saturated carbocycles. The molecule has 0 amide bonds. The predicted octanol–water partition coefficient (Wildman–Crippen LogP) is 3.71. The zero-order valence-electron chi connectivity index (χ0n) is 14.5. The zero-order valence-corrected chi connectivity index (χ0v) is 14.5. The largest absolute Gasteiger partial charge is 0.481 e. The fraction of sp³-hybridized carbons (Fsp3) is 0.238. The first-order chi connectivity index (χ1) is 12.4. The monoisotopic (exact) mass is 353 g/mol.